The highest BCUT2D eigenvalue weighted by atomic mass is 16.2. The average molecular weight is 424 g/mol. The molecule has 1 aliphatic rings. The standard InChI is InChI=1S/C24H45N3O3/c1-9-10-11-20(28)25-22(17(2)3)23(30)26-12-13-27(19(5)16-26)21(29)14-18(4)15-24(6,7)8/h17-19,22H,9-16H2,1-8H3,(H,25,28). The molecule has 0 aliphatic carbocycles. The number of nitrogens with zero attached hydrogens (tertiary/aromatic N) is 2. The molecule has 1 heterocycles. The van der Waals surface area contributed by atoms with Crippen molar-refractivity contribution in [1.29, 1.82) is 0 Å². The Labute approximate surface area is 184 Å². The minimum Gasteiger partial charge on any atom is -0.344 e. The van der Waals surface area contributed by atoms with Crippen molar-refractivity contribution in [3.8, 4) is 0 Å². The highest BCUT2D eigenvalue weighted by Gasteiger charge is 2.34. The molecule has 1 rings (SSSR count). The Morgan fingerprint density at radius 2 is 1.73 bits per heavy atom. The molecule has 6 nitrogen and oxygen atoms in total. The van der Waals surface area contributed by atoms with E-state index in [1.807, 2.05) is 37.5 Å². The number of hydrogen-bond acceptors (Lipinski definition) is 3. The van der Waals surface area contributed by atoms with E-state index in [1.165, 1.54) is 0 Å². The van der Waals surface area contributed by atoms with Crippen LogP contribution in [0.5, 0.6) is 0 Å². The van der Waals surface area contributed by atoms with Gasteiger partial charge in [0.25, 0.3) is 0 Å². The predicted octanol–water partition coefficient (Wildman–Crippen LogP) is 3.84. The molecule has 0 aromatic rings. The molecule has 1 N–H and O–H groups in total. The molecule has 1 aliphatic heterocycles. The molecule has 3 unspecified atom stereocenters. The van der Waals surface area contributed by atoms with E-state index in [2.05, 4.69) is 33.0 Å². The first kappa shape index (κ1) is 26.4. The average Bonchev–Trinajstić information content (AvgIpc) is 2.61. The summed E-state index contributed by atoms with van der Waals surface area (Å²) in [6.45, 7) is 18.3. The summed E-state index contributed by atoms with van der Waals surface area (Å²) in [5.41, 5.74) is 0.212. The van der Waals surface area contributed by atoms with E-state index in [0.29, 0.717) is 38.4 Å². The lowest BCUT2D eigenvalue weighted by molar-refractivity contribution is -0.145. The second-order valence-corrected chi connectivity index (χ2v) is 10.7. The number of amides is 3. The fourth-order valence-electron chi connectivity index (χ4n) is 4.35. The first-order valence-corrected chi connectivity index (χ1v) is 11.7. The lowest BCUT2D eigenvalue weighted by Crippen LogP contribution is -2.60. The van der Waals surface area contributed by atoms with Gasteiger partial charge in [-0.3, -0.25) is 14.4 Å². The number of carbonyl (C=O) groups is 3. The molecule has 1 fully saturated rings. The molecule has 0 spiro atoms. The van der Waals surface area contributed by atoms with Gasteiger partial charge in [0.15, 0.2) is 0 Å². The first-order chi connectivity index (χ1) is 13.9. The van der Waals surface area contributed by atoms with Crippen LogP contribution in [0.3, 0.4) is 0 Å². The highest BCUT2D eigenvalue weighted by molar-refractivity contribution is 5.88. The number of nitrogens with one attached hydrogen (secondary N) is 1. The zero-order chi connectivity index (χ0) is 23.1. The minimum absolute atomic E-state index is 0.0133. The van der Waals surface area contributed by atoms with Gasteiger partial charge in [0, 0.05) is 38.5 Å². The highest BCUT2D eigenvalue weighted by Crippen LogP contribution is 2.27. The van der Waals surface area contributed by atoms with Gasteiger partial charge < -0.3 is 15.1 Å². The van der Waals surface area contributed by atoms with Crippen LogP contribution in [0.25, 0.3) is 0 Å². The van der Waals surface area contributed by atoms with Crippen LogP contribution in [0.2, 0.25) is 0 Å². The molecule has 3 amide bonds. The summed E-state index contributed by atoms with van der Waals surface area (Å²) in [6.07, 6.45) is 3.81. The number of rotatable bonds is 9. The van der Waals surface area contributed by atoms with E-state index in [1.54, 1.807) is 0 Å². The van der Waals surface area contributed by atoms with Gasteiger partial charge in [0.1, 0.15) is 6.04 Å². The van der Waals surface area contributed by atoms with Crippen molar-refractivity contribution in [3.05, 3.63) is 0 Å². The van der Waals surface area contributed by atoms with Gasteiger partial charge in [-0.1, -0.05) is 54.9 Å². The van der Waals surface area contributed by atoms with Gasteiger partial charge in [-0.05, 0) is 37.0 Å². The van der Waals surface area contributed by atoms with Crippen LogP contribution in [0, 0.1) is 17.3 Å². The van der Waals surface area contributed by atoms with Crippen LogP contribution >= 0.6 is 0 Å². The molecule has 174 valence electrons. The van der Waals surface area contributed by atoms with Crippen molar-refractivity contribution in [2.75, 3.05) is 19.6 Å². The van der Waals surface area contributed by atoms with E-state index in [-0.39, 0.29) is 35.1 Å². The zero-order valence-electron chi connectivity index (χ0n) is 20.6. The quantitative estimate of drug-likeness (QED) is 0.612. The SMILES string of the molecule is CCCCC(=O)NC(C(=O)N1CCN(C(=O)CC(C)CC(C)(C)C)C(C)C1)C(C)C. The summed E-state index contributed by atoms with van der Waals surface area (Å²) in [5, 5.41) is 2.93. The Kier molecular flexibility index (Phi) is 10.3. The summed E-state index contributed by atoms with van der Waals surface area (Å²) in [4.78, 5) is 41.9. The predicted molar refractivity (Wildman–Crippen MR) is 122 cm³/mol. The number of hydrogen-bond donors (Lipinski definition) is 1. The van der Waals surface area contributed by atoms with Gasteiger partial charge in [0.05, 0.1) is 0 Å². The van der Waals surface area contributed by atoms with Crippen LogP contribution in [-0.4, -0.2) is 59.2 Å². The smallest absolute Gasteiger partial charge is 0.245 e. The van der Waals surface area contributed by atoms with Crippen molar-refractivity contribution in [3.63, 3.8) is 0 Å². The maximum atomic E-state index is 13.1. The third-order valence-corrected chi connectivity index (χ3v) is 5.75. The summed E-state index contributed by atoms with van der Waals surface area (Å²) < 4.78 is 0. The first-order valence-electron chi connectivity index (χ1n) is 11.7. The third kappa shape index (κ3) is 8.65. The third-order valence-electron chi connectivity index (χ3n) is 5.75. The molecule has 3 atom stereocenters. The number of carbonyl (C=O) groups excluding carboxylic acids is 3. The van der Waals surface area contributed by atoms with E-state index in [0.717, 1.165) is 19.3 Å². The van der Waals surface area contributed by atoms with Crippen LogP contribution in [0.4, 0.5) is 0 Å². The van der Waals surface area contributed by atoms with E-state index >= 15 is 0 Å². The van der Waals surface area contributed by atoms with E-state index < -0.39 is 6.04 Å². The van der Waals surface area contributed by atoms with Crippen LogP contribution in [0.15, 0.2) is 0 Å². The van der Waals surface area contributed by atoms with Gasteiger partial charge in [-0.2, -0.15) is 0 Å². The van der Waals surface area contributed by atoms with Gasteiger partial charge in [-0.25, -0.2) is 0 Å². The van der Waals surface area contributed by atoms with E-state index in [9.17, 15) is 14.4 Å². The maximum absolute atomic E-state index is 13.1. The Bertz CT molecular complexity index is 583. The fourth-order valence-corrected chi connectivity index (χ4v) is 4.35. The fraction of sp³-hybridized carbons (Fsp3) is 0.875. The molecule has 6 heteroatoms. The van der Waals surface area contributed by atoms with Gasteiger partial charge in [-0.15, -0.1) is 0 Å². The van der Waals surface area contributed by atoms with E-state index in [4.69, 9.17) is 0 Å². The normalized spacial score (nSPS) is 19.6. The Morgan fingerprint density at radius 3 is 2.23 bits per heavy atom. The van der Waals surface area contributed by atoms with Gasteiger partial charge in [0.2, 0.25) is 17.7 Å². The lowest BCUT2D eigenvalue weighted by Gasteiger charge is -2.42. The zero-order valence-corrected chi connectivity index (χ0v) is 20.6. The largest absolute Gasteiger partial charge is 0.344 e. The second kappa shape index (κ2) is 11.7. The summed E-state index contributed by atoms with van der Waals surface area (Å²) in [5.74, 6) is 0.456. The lowest BCUT2D eigenvalue weighted by atomic mass is 9.84. The summed E-state index contributed by atoms with van der Waals surface area (Å²) >= 11 is 0. The molecule has 0 aromatic heterocycles. The molecular formula is C24H45N3O3. The second-order valence-electron chi connectivity index (χ2n) is 10.7. The monoisotopic (exact) mass is 423 g/mol. The molecule has 30 heavy (non-hydrogen) atoms. The topological polar surface area (TPSA) is 69.7 Å². The Morgan fingerprint density at radius 1 is 1.10 bits per heavy atom. The van der Waals surface area contributed by atoms with Crippen molar-refractivity contribution >= 4 is 17.7 Å². The Hall–Kier alpha value is -1.59. The van der Waals surface area contributed by atoms with Crippen LogP contribution in [0.1, 0.15) is 87.5 Å². The van der Waals surface area contributed by atoms with Gasteiger partial charge >= 0.3 is 0 Å². The minimum atomic E-state index is -0.504. The number of piperazine rings is 1. The molecule has 0 saturated carbocycles. The molecular weight excluding hydrogens is 378 g/mol. The van der Waals surface area contributed by atoms with Crippen LogP contribution in [-0.2, 0) is 14.4 Å². The molecule has 1 saturated heterocycles. The molecule has 0 aromatic carbocycles. The van der Waals surface area contributed by atoms with Crippen molar-refractivity contribution in [1.82, 2.24) is 15.1 Å². The summed E-state index contributed by atoms with van der Waals surface area (Å²) in [7, 11) is 0. The molecule has 0 bridgehead atoms. The van der Waals surface area contributed by atoms with Crippen molar-refractivity contribution in [2.45, 2.75) is 99.6 Å². The Balaban J connectivity index is 2.66. The maximum Gasteiger partial charge on any atom is 0.245 e. The van der Waals surface area contributed by atoms with Crippen molar-refractivity contribution < 1.29 is 14.4 Å². The molecule has 0 radical (unpaired) electrons. The summed E-state index contributed by atoms with van der Waals surface area (Å²) in [6, 6.07) is -0.517. The number of unbranched alkanes of at least 4 members (excludes halogenated alkanes) is 1. The van der Waals surface area contributed by atoms with Crippen LogP contribution < -0.4 is 5.32 Å². The van der Waals surface area contributed by atoms with Crippen molar-refractivity contribution in [2.24, 2.45) is 17.3 Å².